The van der Waals surface area contributed by atoms with Crippen LogP contribution in [0.2, 0.25) is 0 Å². The van der Waals surface area contributed by atoms with Crippen LogP contribution in [0.15, 0.2) is 30.5 Å². The Morgan fingerprint density at radius 3 is 2.70 bits per heavy atom. The third-order valence-electron chi connectivity index (χ3n) is 3.14. The van der Waals surface area contributed by atoms with E-state index in [4.69, 9.17) is 5.11 Å². The molecule has 1 aromatic heterocycles. The molecule has 1 aromatic carbocycles. The summed E-state index contributed by atoms with van der Waals surface area (Å²) in [6, 6.07) is 6.36. The number of benzene rings is 1. The van der Waals surface area contributed by atoms with Crippen molar-refractivity contribution in [2.75, 3.05) is 0 Å². The van der Waals surface area contributed by atoms with Gasteiger partial charge in [0.15, 0.2) is 0 Å². The fourth-order valence-corrected chi connectivity index (χ4v) is 2.20. The standard InChI is InChI=1S/C15H18N2O3/c1-9(2)8-12(15(19)20)17-14(18)11-5-3-4-10-6-7-16-13(10)11/h3-7,9,12,16H,8H2,1-2H3,(H,17,18)(H,19,20)/t12-/m0/s1. The first-order valence-electron chi connectivity index (χ1n) is 6.59. The number of nitrogens with one attached hydrogen (secondary N) is 2. The summed E-state index contributed by atoms with van der Waals surface area (Å²) < 4.78 is 0. The molecule has 0 radical (unpaired) electrons. The van der Waals surface area contributed by atoms with Gasteiger partial charge >= 0.3 is 5.97 Å². The monoisotopic (exact) mass is 274 g/mol. The van der Waals surface area contributed by atoms with E-state index >= 15 is 0 Å². The maximum atomic E-state index is 12.3. The number of carboxylic acids is 1. The predicted molar refractivity (Wildman–Crippen MR) is 76.6 cm³/mol. The second kappa shape index (κ2) is 5.77. The van der Waals surface area contributed by atoms with Crippen molar-refractivity contribution in [2.24, 2.45) is 5.92 Å². The Hall–Kier alpha value is -2.30. The van der Waals surface area contributed by atoms with E-state index in [2.05, 4.69) is 10.3 Å². The third kappa shape index (κ3) is 2.99. The van der Waals surface area contributed by atoms with Gasteiger partial charge in [-0.25, -0.2) is 4.79 Å². The van der Waals surface area contributed by atoms with Crippen molar-refractivity contribution >= 4 is 22.8 Å². The van der Waals surface area contributed by atoms with Crippen molar-refractivity contribution in [3.05, 3.63) is 36.0 Å². The molecule has 0 spiro atoms. The van der Waals surface area contributed by atoms with Crippen molar-refractivity contribution in [2.45, 2.75) is 26.3 Å². The van der Waals surface area contributed by atoms with Gasteiger partial charge in [-0.15, -0.1) is 0 Å². The van der Waals surface area contributed by atoms with E-state index in [9.17, 15) is 9.59 Å². The van der Waals surface area contributed by atoms with E-state index < -0.39 is 12.0 Å². The first-order valence-corrected chi connectivity index (χ1v) is 6.59. The highest BCUT2D eigenvalue weighted by atomic mass is 16.4. The lowest BCUT2D eigenvalue weighted by Crippen LogP contribution is -2.41. The molecule has 0 saturated carbocycles. The Morgan fingerprint density at radius 1 is 1.30 bits per heavy atom. The van der Waals surface area contributed by atoms with Gasteiger partial charge in [0.1, 0.15) is 6.04 Å². The Morgan fingerprint density at radius 2 is 2.05 bits per heavy atom. The molecule has 1 amide bonds. The minimum absolute atomic E-state index is 0.192. The zero-order valence-electron chi connectivity index (χ0n) is 11.5. The molecular formula is C15H18N2O3. The van der Waals surface area contributed by atoms with Gasteiger partial charge in [-0.3, -0.25) is 4.79 Å². The molecule has 1 atom stereocenters. The Bertz CT molecular complexity index is 631. The maximum absolute atomic E-state index is 12.3. The van der Waals surface area contributed by atoms with Crippen molar-refractivity contribution < 1.29 is 14.7 Å². The first-order chi connectivity index (χ1) is 9.49. The van der Waals surface area contributed by atoms with Gasteiger partial charge in [0.05, 0.1) is 11.1 Å². The molecule has 0 aliphatic rings. The van der Waals surface area contributed by atoms with Crippen LogP contribution in [0.25, 0.3) is 10.9 Å². The van der Waals surface area contributed by atoms with Crippen molar-refractivity contribution in [1.82, 2.24) is 10.3 Å². The van der Waals surface area contributed by atoms with E-state index in [1.54, 1.807) is 18.3 Å². The molecule has 5 nitrogen and oxygen atoms in total. The summed E-state index contributed by atoms with van der Waals surface area (Å²) in [5.41, 5.74) is 1.18. The zero-order valence-corrected chi connectivity index (χ0v) is 11.5. The number of aliphatic carboxylic acids is 1. The number of para-hydroxylation sites is 1. The number of hydrogen-bond acceptors (Lipinski definition) is 2. The first kappa shape index (κ1) is 14.1. The molecule has 1 heterocycles. The smallest absolute Gasteiger partial charge is 0.326 e. The molecule has 2 rings (SSSR count). The second-order valence-electron chi connectivity index (χ2n) is 5.24. The van der Waals surface area contributed by atoms with Crippen LogP contribution < -0.4 is 5.32 Å². The zero-order chi connectivity index (χ0) is 14.7. The number of H-pyrrole nitrogens is 1. The van der Waals surface area contributed by atoms with E-state index in [1.165, 1.54) is 0 Å². The van der Waals surface area contributed by atoms with Gasteiger partial charge in [-0.2, -0.15) is 0 Å². The van der Waals surface area contributed by atoms with Gasteiger partial charge in [-0.05, 0) is 24.5 Å². The van der Waals surface area contributed by atoms with Crippen LogP contribution in [0.3, 0.4) is 0 Å². The van der Waals surface area contributed by atoms with Crippen LogP contribution in [-0.2, 0) is 4.79 Å². The highest BCUT2D eigenvalue weighted by Crippen LogP contribution is 2.17. The fraction of sp³-hybridized carbons (Fsp3) is 0.333. The SMILES string of the molecule is CC(C)C[C@H](NC(=O)c1cccc2cc[nH]c12)C(=O)O. The summed E-state index contributed by atoms with van der Waals surface area (Å²) in [5.74, 6) is -1.19. The fourth-order valence-electron chi connectivity index (χ4n) is 2.20. The van der Waals surface area contributed by atoms with Crippen LogP contribution in [-0.4, -0.2) is 28.0 Å². The Labute approximate surface area is 117 Å². The summed E-state index contributed by atoms with van der Waals surface area (Å²) in [6.45, 7) is 3.85. The second-order valence-corrected chi connectivity index (χ2v) is 5.24. The lowest BCUT2D eigenvalue weighted by molar-refractivity contribution is -0.139. The average Bonchev–Trinajstić information content (AvgIpc) is 2.84. The Balaban J connectivity index is 2.22. The number of carbonyl (C=O) groups is 2. The third-order valence-corrected chi connectivity index (χ3v) is 3.14. The molecule has 0 bridgehead atoms. The van der Waals surface area contributed by atoms with Crippen LogP contribution in [0.5, 0.6) is 0 Å². The van der Waals surface area contributed by atoms with E-state index in [0.717, 1.165) is 10.9 Å². The number of rotatable bonds is 5. The summed E-state index contributed by atoms with van der Waals surface area (Å²) >= 11 is 0. The molecule has 0 unspecified atom stereocenters. The Kier molecular flexibility index (Phi) is 4.08. The topological polar surface area (TPSA) is 82.2 Å². The molecular weight excluding hydrogens is 256 g/mol. The minimum Gasteiger partial charge on any atom is -0.480 e. The van der Waals surface area contributed by atoms with E-state index in [-0.39, 0.29) is 11.8 Å². The number of fused-ring (bicyclic) bond motifs is 1. The molecule has 2 aromatic rings. The van der Waals surface area contributed by atoms with E-state index in [0.29, 0.717) is 12.0 Å². The predicted octanol–water partition coefficient (Wildman–Crippen LogP) is 2.40. The number of carbonyl (C=O) groups excluding carboxylic acids is 1. The summed E-state index contributed by atoms with van der Waals surface area (Å²) in [7, 11) is 0. The maximum Gasteiger partial charge on any atom is 0.326 e. The number of hydrogen-bond donors (Lipinski definition) is 3. The van der Waals surface area contributed by atoms with Crippen LogP contribution >= 0.6 is 0 Å². The van der Waals surface area contributed by atoms with Gasteiger partial charge in [-0.1, -0.05) is 26.0 Å². The molecule has 106 valence electrons. The number of aromatic amines is 1. The molecule has 3 N–H and O–H groups in total. The largest absolute Gasteiger partial charge is 0.480 e. The van der Waals surface area contributed by atoms with E-state index in [1.807, 2.05) is 26.0 Å². The molecule has 0 aliphatic heterocycles. The normalized spacial score (nSPS) is 12.6. The molecule has 0 fully saturated rings. The minimum atomic E-state index is -1.01. The summed E-state index contributed by atoms with van der Waals surface area (Å²) in [5, 5.41) is 12.7. The molecule has 0 saturated heterocycles. The highest BCUT2D eigenvalue weighted by molar-refractivity contribution is 6.06. The van der Waals surface area contributed by atoms with Crippen molar-refractivity contribution in [3.8, 4) is 0 Å². The highest BCUT2D eigenvalue weighted by Gasteiger charge is 2.22. The van der Waals surface area contributed by atoms with Crippen LogP contribution in [0, 0.1) is 5.92 Å². The summed E-state index contributed by atoms with van der Waals surface area (Å²) in [4.78, 5) is 26.5. The molecule has 5 heteroatoms. The van der Waals surface area contributed by atoms with Gasteiger partial charge in [0, 0.05) is 11.6 Å². The van der Waals surface area contributed by atoms with Gasteiger partial charge in [0.25, 0.3) is 5.91 Å². The van der Waals surface area contributed by atoms with Crippen LogP contribution in [0.1, 0.15) is 30.6 Å². The van der Waals surface area contributed by atoms with Crippen molar-refractivity contribution in [3.63, 3.8) is 0 Å². The van der Waals surface area contributed by atoms with Gasteiger partial charge < -0.3 is 15.4 Å². The number of amides is 1. The number of aromatic nitrogens is 1. The lowest BCUT2D eigenvalue weighted by Gasteiger charge is -2.16. The molecule has 0 aliphatic carbocycles. The van der Waals surface area contributed by atoms with Crippen LogP contribution in [0.4, 0.5) is 0 Å². The lowest BCUT2D eigenvalue weighted by atomic mass is 10.0. The summed E-state index contributed by atoms with van der Waals surface area (Å²) in [6.07, 6.45) is 2.16. The van der Waals surface area contributed by atoms with Crippen molar-refractivity contribution in [1.29, 1.82) is 0 Å². The number of carboxylic acid groups (broad SMARTS) is 1. The average molecular weight is 274 g/mol. The molecule has 20 heavy (non-hydrogen) atoms. The van der Waals surface area contributed by atoms with Gasteiger partial charge in [0.2, 0.25) is 0 Å². The quantitative estimate of drug-likeness (QED) is 0.783.